The van der Waals surface area contributed by atoms with Gasteiger partial charge in [0.15, 0.2) is 5.69 Å². The molecule has 1 atom stereocenters. The van der Waals surface area contributed by atoms with Gasteiger partial charge in [-0.25, -0.2) is 9.48 Å². The van der Waals surface area contributed by atoms with Crippen molar-refractivity contribution in [3.8, 4) is 0 Å². The Labute approximate surface area is 146 Å². The van der Waals surface area contributed by atoms with Crippen LogP contribution in [0.2, 0.25) is 0 Å². The maximum absolute atomic E-state index is 12.3. The Balaban J connectivity index is 1.71. The van der Waals surface area contributed by atoms with Gasteiger partial charge in [-0.05, 0) is 41.9 Å². The molecule has 7 heteroatoms. The molecule has 0 radical (unpaired) electrons. The number of aromatic carboxylic acids is 1. The molecule has 1 aliphatic rings. The van der Waals surface area contributed by atoms with E-state index in [2.05, 4.69) is 47.7 Å². The van der Waals surface area contributed by atoms with Crippen LogP contribution in [0.25, 0.3) is 0 Å². The Kier molecular flexibility index (Phi) is 4.83. The molecule has 0 saturated carbocycles. The molecule has 2 aromatic rings. The molecular weight excluding hydrogens is 320 g/mol. The van der Waals surface area contributed by atoms with Crippen molar-refractivity contribution in [2.75, 3.05) is 0 Å². The lowest BCUT2D eigenvalue weighted by molar-refractivity contribution is -0.122. The van der Waals surface area contributed by atoms with Crippen LogP contribution >= 0.6 is 0 Å². The van der Waals surface area contributed by atoms with Crippen LogP contribution in [0.4, 0.5) is 0 Å². The number of hydrogen-bond acceptors (Lipinski definition) is 4. The van der Waals surface area contributed by atoms with Crippen LogP contribution in [0.15, 0.2) is 24.4 Å². The number of aromatic nitrogens is 3. The number of hydrogen-bond donors (Lipinski definition) is 2. The first-order chi connectivity index (χ1) is 11.9. The molecule has 0 saturated heterocycles. The maximum atomic E-state index is 12.3. The first-order valence-electron chi connectivity index (χ1n) is 8.49. The monoisotopic (exact) mass is 342 g/mol. The second-order valence-corrected chi connectivity index (χ2v) is 6.73. The van der Waals surface area contributed by atoms with Crippen LogP contribution < -0.4 is 5.32 Å². The average Bonchev–Trinajstić information content (AvgIpc) is 3.03. The lowest BCUT2D eigenvalue weighted by Gasteiger charge is -2.27. The number of amides is 1. The van der Waals surface area contributed by atoms with Gasteiger partial charge in [0.2, 0.25) is 5.91 Å². The highest BCUT2D eigenvalue weighted by atomic mass is 16.4. The SMILES string of the molecule is CC(C)c1ccc2c(c1)[C@H](NC(=O)Cn1cc(C(=O)O)nn1)CCC2. The average molecular weight is 342 g/mol. The topological polar surface area (TPSA) is 97.1 Å². The third kappa shape index (κ3) is 3.87. The van der Waals surface area contributed by atoms with Gasteiger partial charge in [0.1, 0.15) is 6.54 Å². The molecule has 1 heterocycles. The quantitative estimate of drug-likeness (QED) is 0.869. The third-order valence-corrected chi connectivity index (χ3v) is 4.55. The fraction of sp³-hybridized carbons (Fsp3) is 0.444. The summed E-state index contributed by atoms with van der Waals surface area (Å²) in [5, 5.41) is 19.1. The summed E-state index contributed by atoms with van der Waals surface area (Å²) in [5.74, 6) is -0.920. The highest BCUT2D eigenvalue weighted by molar-refractivity contribution is 5.84. The van der Waals surface area contributed by atoms with Crippen molar-refractivity contribution in [2.45, 2.75) is 51.6 Å². The van der Waals surface area contributed by atoms with Gasteiger partial charge in [0, 0.05) is 0 Å². The molecule has 0 aliphatic heterocycles. The number of carbonyl (C=O) groups excluding carboxylic acids is 1. The van der Waals surface area contributed by atoms with Gasteiger partial charge in [0.05, 0.1) is 12.2 Å². The van der Waals surface area contributed by atoms with E-state index in [0.717, 1.165) is 19.3 Å². The van der Waals surface area contributed by atoms with E-state index in [1.165, 1.54) is 27.6 Å². The molecule has 1 amide bonds. The second kappa shape index (κ2) is 7.04. The zero-order valence-corrected chi connectivity index (χ0v) is 14.4. The van der Waals surface area contributed by atoms with E-state index in [-0.39, 0.29) is 24.2 Å². The molecule has 1 aromatic heterocycles. The predicted molar refractivity (Wildman–Crippen MR) is 91.3 cm³/mol. The fourth-order valence-electron chi connectivity index (χ4n) is 3.19. The molecule has 3 rings (SSSR count). The Bertz CT molecular complexity index is 797. The number of benzene rings is 1. The summed E-state index contributed by atoms with van der Waals surface area (Å²) in [6.45, 7) is 4.27. The van der Waals surface area contributed by atoms with Gasteiger partial charge >= 0.3 is 5.97 Å². The second-order valence-electron chi connectivity index (χ2n) is 6.73. The van der Waals surface area contributed by atoms with E-state index < -0.39 is 5.97 Å². The fourth-order valence-corrected chi connectivity index (χ4v) is 3.19. The van der Waals surface area contributed by atoms with Gasteiger partial charge in [-0.15, -0.1) is 5.10 Å². The van der Waals surface area contributed by atoms with E-state index >= 15 is 0 Å². The smallest absolute Gasteiger partial charge is 0.358 e. The normalized spacial score (nSPS) is 16.5. The highest BCUT2D eigenvalue weighted by Crippen LogP contribution is 2.32. The first-order valence-corrected chi connectivity index (χ1v) is 8.49. The van der Waals surface area contributed by atoms with E-state index in [1.54, 1.807) is 0 Å². The largest absolute Gasteiger partial charge is 0.476 e. The molecular formula is C18H22N4O3. The van der Waals surface area contributed by atoms with Crippen LogP contribution in [0.5, 0.6) is 0 Å². The van der Waals surface area contributed by atoms with Gasteiger partial charge in [-0.3, -0.25) is 4.79 Å². The lowest BCUT2D eigenvalue weighted by atomic mass is 9.85. The molecule has 1 aromatic carbocycles. The van der Waals surface area contributed by atoms with Gasteiger partial charge < -0.3 is 10.4 Å². The summed E-state index contributed by atoms with van der Waals surface area (Å²) in [7, 11) is 0. The number of carbonyl (C=O) groups is 2. The number of rotatable bonds is 5. The number of fused-ring (bicyclic) bond motifs is 1. The van der Waals surface area contributed by atoms with Crippen LogP contribution in [0.3, 0.4) is 0 Å². The van der Waals surface area contributed by atoms with E-state index in [4.69, 9.17) is 5.11 Å². The van der Waals surface area contributed by atoms with Crippen molar-refractivity contribution >= 4 is 11.9 Å². The molecule has 1 aliphatic carbocycles. The minimum Gasteiger partial charge on any atom is -0.476 e. The van der Waals surface area contributed by atoms with Crippen LogP contribution in [-0.2, 0) is 17.8 Å². The van der Waals surface area contributed by atoms with Crippen molar-refractivity contribution in [1.82, 2.24) is 20.3 Å². The minimum absolute atomic E-state index is 0.0163. The Morgan fingerprint density at radius 2 is 2.20 bits per heavy atom. The number of carboxylic acids is 1. The zero-order valence-electron chi connectivity index (χ0n) is 14.4. The summed E-state index contributed by atoms with van der Waals surface area (Å²) in [4.78, 5) is 23.2. The number of nitrogens with zero attached hydrogens (tertiary/aromatic N) is 3. The maximum Gasteiger partial charge on any atom is 0.358 e. The van der Waals surface area contributed by atoms with Crippen molar-refractivity contribution < 1.29 is 14.7 Å². The van der Waals surface area contributed by atoms with Gasteiger partial charge in [-0.1, -0.05) is 37.3 Å². The molecule has 0 spiro atoms. The number of aryl methyl sites for hydroxylation is 1. The summed E-state index contributed by atoms with van der Waals surface area (Å²) >= 11 is 0. The van der Waals surface area contributed by atoms with Crippen LogP contribution in [0, 0.1) is 0 Å². The predicted octanol–water partition coefficient (Wildman–Crippen LogP) is 2.29. The van der Waals surface area contributed by atoms with Crippen molar-refractivity contribution in [1.29, 1.82) is 0 Å². The summed E-state index contributed by atoms with van der Waals surface area (Å²) in [5.41, 5.74) is 3.57. The van der Waals surface area contributed by atoms with Crippen LogP contribution in [-0.4, -0.2) is 32.0 Å². The standard InChI is InChI=1S/C18H22N4O3/c1-11(2)13-7-6-12-4-3-5-15(14(12)8-13)19-17(23)10-22-9-16(18(24)25)20-21-22/h6-9,11,15H,3-5,10H2,1-2H3,(H,19,23)(H,24,25)/t15-/m1/s1. The molecule has 0 bridgehead atoms. The van der Waals surface area contributed by atoms with Crippen LogP contribution in [0.1, 0.15) is 65.8 Å². The zero-order chi connectivity index (χ0) is 18.0. The highest BCUT2D eigenvalue weighted by Gasteiger charge is 2.23. The summed E-state index contributed by atoms with van der Waals surface area (Å²) in [6, 6.07) is 6.51. The number of nitrogens with one attached hydrogen (secondary N) is 1. The Morgan fingerprint density at radius 3 is 2.88 bits per heavy atom. The molecule has 7 nitrogen and oxygen atoms in total. The van der Waals surface area contributed by atoms with Gasteiger partial charge in [-0.2, -0.15) is 0 Å². The molecule has 132 valence electrons. The number of carboxylic acid groups (broad SMARTS) is 1. The van der Waals surface area contributed by atoms with Crippen molar-refractivity contribution in [2.24, 2.45) is 0 Å². The van der Waals surface area contributed by atoms with Gasteiger partial charge in [0.25, 0.3) is 0 Å². The van der Waals surface area contributed by atoms with E-state index in [0.29, 0.717) is 5.92 Å². The Hall–Kier alpha value is -2.70. The minimum atomic E-state index is -1.16. The molecule has 0 fully saturated rings. The summed E-state index contributed by atoms with van der Waals surface area (Å²) in [6.07, 6.45) is 4.22. The van der Waals surface area contributed by atoms with E-state index in [9.17, 15) is 9.59 Å². The Morgan fingerprint density at radius 1 is 1.40 bits per heavy atom. The third-order valence-electron chi connectivity index (χ3n) is 4.55. The van der Waals surface area contributed by atoms with Crippen molar-refractivity contribution in [3.63, 3.8) is 0 Å². The molecule has 0 unspecified atom stereocenters. The molecule has 25 heavy (non-hydrogen) atoms. The lowest BCUT2D eigenvalue weighted by Crippen LogP contribution is -2.33. The first kappa shape index (κ1) is 17.1. The van der Waals surface area contributed by atoms with E-state index in [1.807, 2.05) is 0 Å². The van der Waals surface area contributed by atoms with Crippen molar-refractivity contribution in [3.05, 3.63) is 46.8 Å². The molecule has 2 N–H and O–H groups in total. The summed E-state index contributed by atoms with van der Waals surface area (Å²) < 4.78 is 1.24.